The van der Waals surface area contributed by atoms with Gasteiger partial charge in [0.1, 0.15) is 23.3 Å². The molecule has 4 rings (SSSR count). The number of hydrogen-bond acceptors (Lipinski definition) is 16. The first-order chi connectivity index (χ1) is 32.0. The van der Waals surface area contributed by atoms with Gasteiger partial charge in [0.05, 0.1) is 87.8 Å². The molecular formula is C47H72N4O16Si2. The zero-order chi connectivity index (χ0) is 51.8. The molecule has 2 heterocycles. The van der Waals surface area contributed by atoms with Crippen molar-refractivity contribution in [1.29, 1.82) is 0 Å². The van der Waals surface area contributed by atoms with Crippen LogP contribution in [0.5, 0.6) is 23.0 Å². The topological polar surface area (TPSA) is 235 Å². The van der Waals surface area contributed by atoms with E-state index in [1.165, 1.54) is 50.0 Å². The van der Waals surface area contributed by atoms with Crippen LogP contribution in [0.15, 0.2) is 24.3 Å². The minimum atomic E-state index is -2.25. The second-order valence-corrected chi connectivity index (χ2v) is 30.2. The highest BCUT2D eigenvalue weighted by Gasteiger charge is 2.45. The second kappa shape index (κ2) is 23.1. The summed E-state index contributed by atoms with van der Waals surface area (Å²) >= 11 is 0. The molecule has 0 saturated carbocycles. The number of ether oxygens (including phenoxy) is 6. The summed E-state index contributed by atoms with van der Waals surface area (Å²) in [5.74, 6) is -1.93. The molecular weight excluding hydrogens is 933 g/mol. The normalized spacial score (nSPS) is 18.7. The number of nitro benzene ring substituents is 2. The standard InChI is InChI=1S/C47H72N4O16Si2/c1-30(52)66-34-20-32(28-64-68(11,12)46(3,4)5)48(26-34)44(54)36-22-40(60-9)42(24-38(36)50(56)57)62-18-16-15-17-19-63-43-25-39(51(58)59)37(23-41(43)61-10)45(55)49-27-35(67-31(2)53)21-33(49)29-65-69(13,14)47(6,7)8/h22-25,32-35H,15-21,26-29H2,1-14H3/t32-,33-,34+,35+/m0/s1. The molecule has 2 fully saturated rings. The number of unbranched alkanes of at least 4 members (excludes halogenated alkanes) is 2. The van der Waals surface area contributed by atoms with Crippen molar-refractivity contribution in [1.82, 2.24) is 9.80 Å². The highest BCUT2D eigenvalue weighted by atomic mass is 28.4. The molecule has 2 aromatic carbocycles. The molecule has 2 saturated heterocycles. The maximum absolute atomic E-state index is 14.2. The first kappa shape index (κ1) is 56.3. The first-order valence-corrected chi connectivity index (χ1v) is 29.1. The van der Waals surface area contributed by atoms with E-state index in [2.05, 4.69) is 67.7 Å². The number of carbonyl (C=O) groups excluding carboxylic acids is 4. The predicted molar refractivity (Wildman–Crippen MR) is 260 cm³/mol. The average molecular weight is 1010 g/mol. The number of hydrogen-bond donors (Lipinski definition) is 0. The third-order valence-electron chi connectivity index (χ3n) is 13.5. The van der Waals surface area contributed by atoms with Crippen molar-refractivity contribution in [2.75, 3.05) is 53.7 Å². The van der Waals surface area contributed by atoms with E-state index in [0.717, 1.165) is 12.1 Å². The quantitative estimate of drug-likeness (QED) is 0.0353. The van der Waals surface area contributed by atoms with Crippen molar-refractivity contribution in [3.05, 3.63) is 55.6 Å². The van der Waals surface area contributed by atoms with Crippen molar-refractivity contribution in [3.63, 3.8) is 0 Å². The first-order valence-electron chi connectivity index (χ1n) is 23.2. The summed E-state index contributed by atoms with van der Waals surface area (Å²) in [4.78, 5) is 78.5. The summed E-state index contributed by atoms with van der Waals surface area (Å²) < 4.78 is 46.8. The molecule has 22 heteroatoms. The SMILES string of the molecule is COc1cc(C(=O)N2C[C@H](OC(C)=O)C[C@H]2CO[Si](C)(C)C(C)(C)C)c([N+](=O)[O-])cc1OCCCCCOc1cc([N+](=O)[O-])c(C(=O)N2C[C@H](OC(C)=O)C[C@H]2CO[Si](C)(C)C(C)(C)C)cc1OC. The molecule has 0 N–H and O–H groups in total. The number of methoxy groups -OCH3 is 2. The van der Waals surface area contributed by atoms with E-state index in [-0.39, 0.29) is 83.7 Å². The molecule has 0 spiro atoms. The summed E-state index contributed by atoms with van der Waals surface area (Å²) in [6.07, 6.45) is 0.898. The van der Waals surface area contributed by atoms with Gasteiger partial charge in [-0.25, -0.2) is 0 Å². The number of likely N-dealkylation sites (tertiary alicyclic amines) is 2. The van der Waals surface area contributed by atoms with Crippen molar-refractivity contribution in [3.8, 4) is 23.0 Å². The number of benzene rings is 2. The molecule has 0 bridgehead atoms. The zero-order valence-corrected chi connectivity index (χ0v) is 44.7. The van der Waals surface area contributed by atoms with E-state index in [1.807, 2.05) is 0 Å². The van der Waals surface area contributed by atoms with E-state index >= 15 is 0 Å². The fourth-order valence-electron chi connectivity index (χ4n) is 7.59. The molecule has 384 valence electrons. The molecule has 0 unspecified atom stereocenters. The molecule has 2 aromatic rings. The number of amides is 2. The van der Waals surface area contributed by atoms with E-state index in [0.29, 0.717) is 32.1 Å². The maximum atomic E-state index is 14.2. The van der Waals surface area contributed by atoms with Gasteiger partial charge in [-0.05, 0) is 55.5 Å². The van der Waals surface area contributed by atoms with Crippen molar-refractivity contribution in [2.45, 2.75) is 148 Å². The molecule has 0 radical (unpaired) electrons. The Morgan fingerprint density at radius 3 is 1.25 bits per heavy atom. The van der Waals surface area contributed by atoms with Crippen LogP contribution in [0.4, 0.5) is 11.4 Å². The number of carbonyl (C=O) groups is 4. The number of esters is 2. The van der Waals surface area contributed by atoms with Crippen molar-refractivity contribution < 1.29 is 66.3 Å². The Morgan fingerprint density at radius 2 is 0.957 bits per heavy atom. The lowest BCUT2D eigenvalue weighted by Crippen LogP contribution is -2.46. The third-order valence-corrected chi connectivity index (χ3v) is 22.5. The lowest BCUT2D eigenvalue weighted by atomic mass is 10.1. The molecule has 4 atom stereocenters. The Kier molecular flexibility index (Phi) is 18.8. The Balaban J connectivity index is 1.42. The molecule has 2 aliphatic heterocycles. The Bertz CT molecular complexity index is 2060. The van der Waals surface area contributed by atoms with Crippen LogP contribution < -0.4 is 18.9 Å². The van der Waals surface area contributed by atoms with Gasteiger partial charge < -0.3 is 47.1 Å². The largest absolute Gasteiger partial charge is 0.493 e. The highest BCUT2D eigenvalue weighted by molar-refractivity contribution is 6.74. The summed E-state index contributed by atoms with van der Waals surface area (Å²) in [7, 11) is -1.77. The monoisotopic (exact) mass is 1000 g/mol. The van der Waals surface area contributed by atoms with Crippen molar-refractivity contribution in [2.24, 2.45) is 0 Å². The summed E-state index contributed by atoms with van der Waals surface area (Å²) in [5.41, 5.74) is -1.39. The van der Waals surface area contributed by atoms with E-state index in [1.54, 1.807) is 0 Å². The molecule has 69 heavy (non-hydrogen) atoms. The molecule has 0 aliphatic carbocycles. The molecule has 2 aliphatic rings. The molecule has 0 aromatic heterocycles. The summed E-state index contributed by atoms with van der Waals surface area (Å²) in [6.45, 7) is 24.1. The third kappa shape index (κ3) is 14.4. The van der Waals surface area contributed by atoms with Gasteiger partial charge in [-0.3, -0.25) is 39.4 Å². The van der Waals surface area contributed by atoms with Gasteiger partial charge in [-0.1, -0.05) is 41.5 Å². The number of rotatable bonds is 22. The van der Waals surface area contributed by atoms with Gasteiger partial charge in [0.2, 0.25) is 0 Å². The van der Waals surface area contributed by atoms with Crippen LogP contribution in [-0.4, -0.2) is 138 Å². The smallest absolute Gasteiger partial charge is 0.302 e. The van der Waals surface area contributed by atoms with E-state index in [4.69, 9.17) is 37.3 Å². The second-order valence-electron chi connectivity index (χ2n) is 20.6. The minimum absolute atomic E-state index is 0.0356. The summed E-state index contributed by atoms with van der Waals surface area (Å²) in [5, 5.41) is 24.6. The fraction of sp³-hybridized carbons (Fsp3) is 0.660. The average Bonchev–Trinajstić information content (AvgIpc) is 3.85. The van der Waals surface area contributed by atoms with Crippen LogP contribution in [0.3, 0.4) is 0 Å². The summed E-state index contributed by atoms with van der Waals surface area (Å²) in [6, 6.07) is 3.89. The maximum Gasteiger partial charge on any atom is 0.302 e. The predicted octanol–water partition coefficient (Wildman–Crippen LogP) is 8.48. The van der Waals surface area contributed by atoms with Crippen LogP contribution in [0.25, 0.3) is 0 Å². The lowest BCUT2D eigenvalue weighted by Gasteiger charge is -2.37. The van der Waals surface area contributed by atoms with Gasteiger partial charge >= 0.3 is 11.9 Å². The minimum Gasteiger partial charge on any atom is -0.493 e. The van der Waals surface area contributed by atoms with Crippen LogP contribution in [0.1, 0.15) is 108 Å². The zero-order valence-electron chi connectivity index (χ0n) is 42.7. The Labute approximate surface area is 407 Å². The van der Waals surface area contributed by atoms with Gasteiger partial charge in [0, 0.05) is 38.8 Å². The van der Waals surface area contributed by atoms with Gasteiger partial charge in [0.15, 0.2) is 39.6 Å². The van der Waals surface area contributed by atoms with E-state index < -0.39 is 85.9 Å². The fourth-order valence-corrected chi connectivity index (χ4v) is 9.67. The van der Waals surface area contributed by atoms with Gasteiger partial charge in [-0.15, -0.1) is 0 Å². The molecule has 2 amide bonds. The molecule has 20 nitrogen and oxygen atoms in total. The lowest BCUT2D eigenvalue weighted by molar-refractivity contribution is -0.385. The number of nitro groups is 2. The van der Waals surface area contributed by atoms with E-state index in [9.17, 15) is 39.4 Å². The Morgan fingerprint density at radius 1 is 0.609 bits per heavy atom. The van der Waals surface area contributed by atoms with Crippen molar-refractivity contribution >= 4 is 51.8 Å². The van der Waals surface area contributed by atoms with Crippen LogP contribution in [0.2, 0.25) is 36.3 Å². The highest BCUT2D eigenvalue weighted by Crippen LogP contribution is 2.41. The van der Waals surface area contributed by atoms with Crippen LogP contribution in [0, 0.1) is 20.2 Å². The van der Waals surface area contributed by atoms with Gasteiger partial charge in [-0.2, -0.15) is 0 Å². The Hall–Kier alpha value is -5.33. The van der Waals surface area contributed by atoms with Crippen LogP contribution >= 0.6 is 0 Å². The van der Waals surface area contributed by atoms with Crippen LogP contribution in [-0.2, 0) is 27.9 Å². The number of nitrogens with zero attached hydrogens (tertiary/aromatic N) is 4. The van der Waals surface area contributed by atoms with Gasteiger partial charge in [0.25, 0.3) is 23.2 Å².